The van der Waals surface area contributed by atoms with Crippen LogP contribution in [0.1, 0.15) is 41.7 Å². The Hall–Kier alpha value is -3.61. The molecule has 0 spiro atoms. The van der Waals surface area contributed by atoms with Crippen LogP contribution in [0.3, 0.4) is 0 Å². The molecular weight excluding hydrogens is 818 g/mol. The number of thiophene rings is 2. The Morgan fingerprint density at radius 2 is 1.40 bits per heavy atom. The molecule has 7 rings (SSSR count). The van der Waals surface area contributed by atoms with E-state index in [4.69, 9.17) is 4.74 Å². The maximum absolute atomic E-state index is 5.85. The van der Waals surface area contributed by atoms with E-state index in [0.717, 1.165) is 26.9 Å². The van der Waals surface area contributed by atoms with Crippen LogP contribution >= 0.6 is 29.9 Å². The van der Waals surface area contributed by atoms with Gasteiger partial charge in [-0.3, -0.25) is 0 Å². The molecule has 3 heterocycles. The zero-order chi connectivity index (χ0) is 33.3. The SMILES string of the molecule is C=C1COCC1=CC(C#Cc1cc2c(s1)-c1sc(/C=C/C)cc1C2(C)C)=C([C]#[Os])[P+](c1ccccc1)(c1ccccc1)c1ccccc1. The molecule has 0 saturated carbocycles. The number of benzene rings is 3. The van der Waals surface area contributed by atoms with Gasteiger partial charge in [-0.25, -0.2) is 0 Å². The second-order valence-electron chi connectivity index (χ2n) is 12.4. The molecule has 1 aliphatic heterocycles. The molecule has 1 saturated heterocycles. The van der Waals surface area contributed by atoms with Gasteiger partial charge in [0.05, 0.1) is 0 Å². The number of rotatable bonds is 6. The minimum atomic E-state index is -2.43. The van der Waals surface area contributed by atoms with Crippen LogP contribution in [0, 0.1) is 16.2 Å². The molecule has 48 heavy (non-hydrogen) atoms. The standard InChI is InChI=1S/C43H35OPS2.Os/c1-6-16-37-26-39-41(46-37)42-40(43(39,4)5)27-38(47-42)24-23-32(25-33-29-44-28-30(33)2)31(3)45(34-17-10-7-11-18-34,35-19-12-8-13-20-35)36-21-14-9-15-22-36;/h6-22,25-27H,2,28-29H2,1,4-5H3;/q+1;/b16-6+,32-31?,33-25?;. The van der Waals surface area contributed by atoms with Gasteiger partial charge in [-0.15, -0.1) is 0 Å². The number of hydrogen-bond acceptors (Lipinski definition) is 3. The molecule has 1 aliphatic carbocycles. The Labute approximate surface area is 302 Å². The molecule has 237 valence electrons. The Bertz CT molecular complexity index is 2120. The van der Waals surface area contributed by atoms with Crippen molar-refractivity contribution in [2.45, 2.75) is 26.2 Å². The van der Waals surface area contributed by atoms with Crippen LogP contribution in [0.25, 0.3) is 15.8 Å². The fraction of sp³-hybridized carbons (Fsp3) is 0.140. The topological polar surface area (TPSA) is 9.23 Å². The summed E-state index contributed by atoms with van der Waals surface area (Å²) in [7, 11) is -2.43. The summed E-state index contributed by atoms with van der Waals surface area (Å²) < 4.78 is 9.63. The molecule has 0 atom stereocenters. The first-order valence-electron chi connectivity index (χ1n) is 15.9. The van der Waals surface area contributed by atoms with Crippen molar-refractivity contribution in [2.24, 2.45) is 0 Å². The predicted molar refractivity (Wildman–Crippen MR) is 205 cm³/mol. The second kappa shape index (κ2) is 13.7. The first-order valence-corrected chi connectivity index (χ1v) is 20.6. The van der Waals surface area contributed by atoms with Crippen molar-refractivity contribution in [1.82, 2.24) is 0 Å². The zero-order valence-corrected chi connectivity index (χ0v) is 32.3. The maximum atomic E-state index is 5.85. The van der Waals surface area contributed by atoms with Crippen LogP contribution in [-0.2, 0) is 28.1 Å². The van der Waals surface area contributed by atoms with Crippen molar-refractivity contribution in [3.8, 4) is 26.0 Å². The fourth-order valence-corrected chi connectivity index (χ4v) is 15.1. The van der Waals surface area contributed by atoms with Crippen LogP contribution in [0.4, 0.5) is 0 Å². The van der Waals surface area contributed by atoms with E-state index >= 15 is 0 Å². The number of ether oxygens (including phenoxy) is 1. The quantitative estimate of drug-likeness (QED) is 0.122. The zero-order valence-electron chi connectivity index (χ0n) is 27.2. The Kier molecular flexibility index (Phi) is 9.40. The van der Waals surface area contributed by atoms with Crippen molar-refractivity contribution < 1.29 is 22.7 Å². The van der Waals surface area contributed by atoms with Crippen molar-refractivity contribution in [3.63, 3.8) is 0 Å². The summed E-state index contributed by atoms with van der Waals surface area (Å²) in [5.74, 6) is 7.42. The normalized spacial score (nSPS) is 16.3. The fourth-order valence-electron chi connectivity index (χ4n) is 6.69. The summed E-state index contributed by atoms with van der Waals surface area (Å²) in [4.78, 5) is 5.13. The van der Waals surface area contributed by atoms with Gasteiger partial charge in [0, 0.05) is 0 Å². The third kappa shape index (κ3) is 5.75. The molecular formula is C43H35OOsPS2+. The van der Waals surface area contributed by atoms with Crippen molar-refractivity contribution in [2.75, 3.05) is 13.2 Å². The van der Waals surface area contributed by atoms with Gasteiger partial charge in [0.2, 0.25) is 0 Å². The Morgan fingerprint density at radius 1 is 0.833 bits per heavy atom. The van der Waals surface area contributed by atoms with Gasteiger partial charge in [0.25, 0.3) is 0 Å². The van der Waals surface area contributed by atoms with E-state index in [1.54, 1.807) is 17.9 Å². The molecule has 1 nitrogen and oxygen atoms in total. The van der Waals surface area contributed by atoms with Crippen molar-refractivity contribution in [1.29, 1.82) is 0 Å². The van der Waals surface area contributed by atoms with E-state index < -0.39 is 7.26 Å². The van der Waals surface area contributed by atoms with Crippen molar-refractivity contribution in [3.05, 3.63) is 165 Å². The number of fused-ring (bicyclic) bond motifs is 3. The van der Waals surface area contributed by atoms with Gasteiger partial charge >= 0.3 is 292 Å². The molecule has 5 heteroatoms. The summed E-state index contributed by atoms with van der Waals surface area (Å²) in [6.45, 7) is 12.2. The molecule has 0 radical (unpaired) electrons. The van der Waals surface area contributed by atoms with Gasteiger partial charge < -0.3 is 0 Å². The third-order valence-electron chi connectivity index (χ3n) is 9.10. The van der Waals surface area contributed by atoms with Crippen molar-refractivity contribution >= 4 is 51.9 Å². The summed E-state index contributed by atoms with van der Waals surface area (Å²) in [5.41, 5.74) is 5.82. The molecule has 1 fully saturated rings. The van der Waals surface area contributed by atoms with Crippen LogP contribution in [-0.4, -0.2) is 13.2 Å². The molecule has 5 aromatic rings. The average molecular weight is 853 g/mol. The Balaban J connectivity index is 1.49. The molecule has 2 aliphatic rings. The van der Waals surface area contributed by atoms with Gasteiger partial charge in [0.1, 0.15) is 0 Å². The van der Waals surface area contributed by atoms with Gasteiger partial charge in [-0.05, 0) is 6.92 Å². The van der Waals surface area contributed by atoms with E-state index in [1.165, 1.54) is 41.7 Å². The summed E-state index contributed by atoms with van der Waals surface area (Å²) >= 11 is 5.49. The molecule has 0 amide bonds. The van der Waals surface area contributed by atoms with Gasteiger partial charge in [-0.2, -0.15) is 0 Å². The van der Waals surface area contributed by atoms with Gasteiger partial charge in [0.15, 0.2) is 0 Å². The average Bonchev–Trinajstić information content (AvgIpc) is 3.88. The molecule has 0 unspecified atom stereocenters. The molecule has 0 bridgehead atoms. The van der Waals surface area contributed by atoms with E-state index in [-0.39, 0.29) is 5.41 Å². The number of allylic oxidation sites excluding steroid dienone is 4. The first kappa shape index (κ1) is 32.9. The molecule has 3 aromatic carbocycles. The minimum absolute atomic E-state index is 0.0527. The van der Waals surface area contributed by atoms with Crippen LogP contribution in [0.15, 0.2) is 144 Å². The van der Waals surface area contributed by atoms with Crippen LogP contribution in [0.5, 0.6) is 0 Å². The predicted octanol–water partition coefficient (Wildman–Crippen LogP) is 9.77. The van der Waals surface area contributed by atoms with Crippen LogP contribution in [0.2, 0.25) is 0 Å². The van der Waals surface area contributed by atoms with Gasteiger partial charge in [-0.1, -0.05) is 6.08 Å². The molecule has 2 aromatic heterocycles. The van der Waals surface area contributed by atoms with E-state index in [1.807, 2.05) is 22.7 Å². The number of hydrogen-bond donors (Lipinski definition) is 0. The van der Waals surface area contributed by atoms with E-state index in [9.17, 15) is 0 Å². The Morgan fingerprint density at radius 3 is 1.92 bits per heavy atom. The third-order valence-corrected chi connectivity index (χ3v) is 16.8. The van der Waals surface area contributed by atoms with E-state index in [2.05, 4.69) is 165 Å². The summed E-state index contributed by atoms with van der Waals surface area (Å²) in [6, 6.07) is 37.5. The summed E-state index contributed by atoms with van der Waals surface area (Å²) in [5, 5.41) is 4.95. The van der Waals surface area contributed by atoms with E-state index in [0.29, 0.717) is 13.2 Å². The second-order valence-corrected chi connectivity index (χ2v) is 18.5. The molecule has 0 N–H and O–H groups in total. The van der Waals surface area contributed by atoms with Crippen LogP contribution < -0.4 is 15.9 Å². The summed E-state index contributed by atoms with van der Waals surface area (Å²) in [6.07, 6.45) is 6.56. The monoisotopic (exact) mass is 854 g/mol. The first-order chi connectivity index (χ1) is 23.4.